The third-order valence-electron chi connectivity index (χ3n) is 5.66. The van der Waals surface area contributed by atoms with Crippen molar-refractivity contribution in [3.05, 3.63) is 71.8 Å². The van der Waals surface area contributed by atoms with E-state index in [1.807, 2.05) is 32.0 Å². The lowest BCUT2D eigenvalue weighted by atomic mass is 10.1. The van der Waals surface area contributed by atoms with Crippen LogP contribution in [0, 0.1) is 6.92 Å². The zero-order valence-electron chi connectivity index (χ0n) is 17.8. The van der Waals surface area contributed by atoms with Gasteiger partial charge in [0.15, 0.2) is 5.82 Å². The minimum absolute atomic E-state index is 0.178. The maximum absolute atomic E-state index is 13.5. The number of aromatic amines is 1. The molecule has 0 saturated carbocycles. The Morgan fingerprint density at radius 1 is 1.12 bits per heavy atom. The number of aryl methyl sites for hydroxylation is 1. The topological polar surface area (TPSA) is 79.7 Å². The molecule has 0 radical (unpaired) electrons. The van der Waals surface area contributed by atoms with Crippen molar-refractivity contribution in [1.82, 2.24) is 24.7 Å². The Labute approximate surface area is 186 Å². The zero-order chi connectivity index (χ0) is 23.3. The number of pyridine rings is 1. The van der Waals surface area contributed by atoms with Crippen LogP contribution < -0.4 is 4.90 Å². The van der Waals surface area contributed by atoms with Gasteiger partial charge in [0.2, 0.25) is 0 Å². The summed E-state index contributed by atoms with van der Waals surface area (Å²) in [6.07, 6.45) is -1.17. The summed E-state index contributed by atoms with van der Waals surface area (Å²) >= 11 is 0. The van der Waals surface area contributed by atoms with Crippen molar-refractivity contribution < 1.29 is 18.0 Å². The maximum atomic E-state index is 13.5. The summed E-state index contributed by atoms with van der Waals surface area (Å²) in [5.74, 6) is 0.223. The molecular weight excluding hydrogens is 433 g/mol. The Morgan fingerprint density at radius 2 is 1.88 bits per heavy atom. The number of imidazole rings is 1. The lowest BCUT2D eigenvalue weighted by molar-refractivity contribution is -0.137. The number of rotatable bonds is 3. The molecule has 1 N–H and O–H groups in total. The van der Waals surface area contributed by atoms with Gasteiger partial charge in [-0.1, -0.05) is 6.07 Å². The van der Waals surface area contributed by atoms with Crippen molar-refractivity contribution in [3.63, 3.8) is 0 Å². The molecule has 4 heterocycles. The van der Waals surface area contributed by atoms with Gasteiger partial charge in [-0.05, 0) is 50.2 Å². The molecule has 1 aliphatic rings. The minimum atomic E-state index is -4.44. The van der Waals surface area contributed by atoms with Gasteiger partial charge in [0.05, 0.1) is 29.1 Å². The van der Waals surface area contributed by atoms with Crippen LogP contribution in [0.5, 0.6) is 0 Å². The first-order valence-electron chi connectivity index (χ1n) is 10.3. The van der Waals surface area contributed by atoms with E-state index < -0.39 is 11.7 Å². The van der Waals surface area contributed by atoms with E-state index in [1.165, 1.54) is 17.0 Å². The van der Waals surface area contributed by atoms with Crippen molar-refractivity contribution in [2.24, 2.45) is 0 Å². The summed E-state index contributed by atoms with van der Waals surface area (Å²) in [5, 5.41) is 4.41. The molecule has 0 unspecified atom stereocenters. The SMILES string of the molecule is Cc1[nH]c(-c2ccccn2)nc1-c1cnn2c1C(=O)N(c1ccc(C(F)(F)F)cc1)C[C@@H]2C. The normalized spacial score (nSPS) is 16.2. The number of amides is 1. The molecule has 0 spiro atoms. The largest absolute Gasteiger partial charge is 0.416 e. The minimum Gasteiger partial charge on any atom is -0.340 e. The van der Waals surface area contributed by atoms with Gasteiger partial charge in [0.25, 0.3) is 5.91 Å². The van der Waals surface area contributed by atoms with Gasteiger partial charge in [-0.3, -0.25) is 14.5 Å². The number of hydrogen-bond donors (Lipinski definition) is 1. The first kappa shape index (κ1) is 20.9. The van der Waals surface area contributed by atoms with Gasteiger partial charge in [0.1, 0.15) is 11.4 Å². The summed E-state index contributed by atoms with van der Waals surface area (Å²) in [6, 6.07) is 9.92. The number of nitrogens with zero attached hydrogens (tertiary/aromatic N) is 5. The predicted molar refractivity (Wildman–Crippen MR) is 116 cm³/mol. The molecule has 10 heteroatoms. The van der Waals surface area contributed by atoms with Crippen LogP contribution in [0.4, 0.5) is 18.9 Å². The highest BCUT2D eigenvalue weighted by Gasteiger charge is 2.36. The average molecular weight is 452 g/mol. The van der Waals surface area contributed by atoms with E-state index in [9.17, 15) is 18.0 Å². The number of halogens is 3. The second-order valence-corrected chi connectivity index (χ2v) is 7.93. The van der Waals surface area contributed by atoms with E-state index in [1.54, 1.807) is 17.1 Å². The molecule has 3 aromatic heterocycles. The van der Waals surface area contributed by atoms with E-state index in [0.717, 1.165) is 17.8 Å². The third kappa shape index (κ3) is 3.57. The van der Waals surface area contributed by atoms with Crippen molar-refractivity contribution in [1.29, 1.82) is 0 Å². The number of anilines is 1. The number of nitrogens with one attached hydrogen (secondary N) is 1. The van der Waals surface area contributed by atoms with E-state index in [0.29, 0.717) is 34.2 Å². The smallest absolute Gasteiger partial charge is 0.340 e. The number of carbonyl (C=O) groups is 1. The summed E-state index contributed by atoms with van der Waals surface area (Å²) < 4.78 is 40.5. The quantitative estimate of drug-likeness (QED) is 0.480. The fourth-order valence-corrected chi connectivity index (χ4v) is 4.04. The van der Waals surface area contributed by atoms with Crippen LogP contribution in [0.15, 0.2) is 54.9 Å². The Morgan fingerprint density at radius 3 is 2.55 bits per heavy atom. The average Bonchev–Trinajstić information content (AvgIpc) is 3.40. The van der Waals surface area contributed by atoms with Gasteiger partial charge in [0, 0.05) is 24.1 Å². The molecule has 1 aromatic carbocycles. The van der Waals surface area contributed by atoms with Gasteiger partial charge >= 0.3 is 6.18 Å². The molecule has 0 bridgehead atoms. The molecular formula is C23H19F3N6O. The molecule has 0 aliphatic carbocycles. The summed E-state index contributed by atoms with van der Waals surface area (Å²) in [7, 11) is 0. The second kappa shape index (κ2) is 7.58. The van der Waals surface area contributed by atoms with E-state index in [2.05, 4.69) is 20.1 Å². The molecule has 0 fully saturated rings. The van der Waals surface area contributed by atoms with E-state index in [4.69, 9.17) is 0 Å². The predicted octanol–water partition coefficient (Wildman–Crippen LogP) is 4.88. The van der Waals surface area contributed by atoms with Crippen LogP contribution in [0.2, 0.25) is 0 Å². The highest BCUT2D eigenvalue weighted by molar-refractivity contribution is 6.09. The van der Waals surface area contributed by atoms with Crippen LogP contribution >= 0.6 is 0 Å². The number of H-pyrrole nitrogens is 1. The standard InChI is InChI=1S/C23H19F3N6O/c1-13-12-31(16-8-6-15(7-9-16)23(24,25)26)22(33)20-17(11-28-32(13)20)19-14(2)29-21(30-19)18-5-3-4-10-27-18/h3-11,13H,12H2,1-2H3,(H,29,30)/t13-/m0/s1. The zero-order valence-corrected chi connectivity index (χ0v) is 17.8. The van der Waals surface area contributed by atoms with Gasteiger partial charge < -0.3 is 9.88 Å². The van der Waals surface area contributed by atoms with Gasteiger partial charge in [-0.15, -0.1) is 0 Å². The van der Waals surface area contributed by atoms with Crippen molar-refractivity contribution in [3.8, 4) is 22.8 Å². The second-order valence-electron chi connectivity index (χ2n) is 7.93. The number of benzene rings is 1. The van der Waals surface area contributed by atoms with Gasteiger partial charge in [-0.2, -0.15) is 18.3 Å². The lowest BCUT2D eigenvalue weighted by Gasteiger charge is -2.32. The van der Waals surface area contributed by atoms with Crippen molar-refractivity contribution in [2.45, 2.75) is 26.1 Å². The highest BCUT2D eigenvalue weighted by atomic mass is 19.4. The monoisotopic (exact) mass is 452 g/mol. The Balaban J connectivity index is 1.54. The summed E-state index contributed by atoms with van der Waals surface area (Å²) in [5.41, 5.74) is 2.52. The molecule has 4 aromatic rings. The Kier molecular flexibility index (Phi) is 4.80. The Hall–Kier alpha value is -3.95. The van der Waals surface area contributed by atoms with Crippen LogP contribution in [-0.4, -0.2) is 37.2 Å². The molecule has 0 saturated heterocycles. The fourth-order valence-electron chi connectivity index (χ4n) is 4.04. The number of fused-ring (bicyclic) bond motifs is 1. The maximum Gasteiger partial charge on any atom is 0.416 e. The number of hydrogen-bond acceptors (Lipinski definition) is 4. The van der Waals surface area contributed by atoms with Crippen molar-refractivity contribution in [2.75, 3.05) is 11.4 Å². The van der Waals surface area contributed by atoms with Crippen molar-refractivity contribution >= 4 is 11.6 Å². The number of carbonyl (C=O) groups excluding carboxylic acids is 1. The molecule has 33 heavy (non-hydrogen) atoms. The van der Waals surface area contributed by atoms with Crippen LogP contribution in [-0.2, 0) is 6.18 Å². The Bertz CT molecular complexity index is 1320. The molecule has 1 atom stereocenters. The molecule has 1 amide bonds. The highest BCUT2D eigenvalue weighted by Crippen LogP contribution is 2.35. The fraction of sp³-hybridized carbons (Fsp3) is 0.217. The van der Waals surface area contributed by atoms with Crippen LogP contribution in [0.3, 0.4) is 0 Å². The summed E-state index contributed by atoms with van der Waals surface area (Å²) in [6.45, 7) is 4.04. The summed E-state index contributed by atoms with van der Waals surface area (Å²) in [4.78, 5) is 27.1. The molecule has 5 rings (SSSR count). The van der Waals surface area contributed by atoms with E-state index >= 15 is 0 Å². The van der Waals surface area contributed by atoms with Crippen LogP contribution in [0.1, 0.15) is 34.7 Å². The van der Waals surface area contributed by atoms with Crippen LogP contribution in [0.25, 0.3) is 22.8 Å². The number of aromatic nitrogens is 5. The lowest BCUT2D eigenvalue weighted by Crippen LogP contribution is -2.42. The van der Waals surface area contributed by atoms with E-state index in [-0.39, 0.29) is 18.5 Å². The molecule has 7 nitrogen and oxygen atoms in total. The first-order valence-corrected chi connectivity index (χ1v) is 10.3. The third-order valence-corrected chi connectivity index (χ3v) is 5.66. The molecule has 1 aliphatic heterocycles. The van der Waals surface area contributed by atoms with Gasteiger partial charge in [-0.25, -0.2) is 4.98 Å². The first-order chi connectivity index (χ1) is 15.7. The molecule has 168 valence electrons. The number of alkyl halides is 3.